The normalized spacial score (nSPS) is 16.0. The summed E-state index contributed by atoms with van der Waals surface area (Å²) in [5, 5.41) is 15.0. The third kappa shape index (κ3) is 3.21. The van der Waals surface area contributed by atoms with Crippen LogP contribution in [-0.4, -0.2) is 27.0 Å². The maximum Gasteiger partial charge on any atom is 0.228 e. The summed E-state index contributed by atoms with van der Waals surface area (Å²) in [5.74, 6) is -0.313. The third-order valence-corrected chi connectivity index (χ3v) is 5.52. The minimum Gasteiger partial charge on any atom is -0.326 e. The number of halogens is 1. The zero-order chi connectivity index (χ0) is 18.1. The summed E-state index contributed by atoms with van der Waals surface area (Å²) in [7, 11) is 0. The number of benzene rings is 1. The average molecular weight is 388 g/mol. The van der Waals surface area contributed by atoms with Crippen molar-refractivity contribution in [2.45, 2.75) is 12.8 Å². The molecule has 3 N–H and O–H groups in total. The van der Waals surface area contributed by atoms with Crippen molar-refractivity contribution in [2.24, 2.45) is 5.92 Å². The molecule has 1 atom stereocenters. The highest BCUT2D eigenvalue weighted by Gasteiger charge is 2.28. The van der Waals surface area contributed by atoms with Crippen LogP contribution in [0.2, 0.25) is 5.02 Å². The van der Waals surface area contributed by atoms with E-state index in [9.17, 15) is 9.59 Å². The molecule has 0 spiro atoms. The zero-order valence-corrected chi connectivity index (χ0v) is 15.0. The topological polar surface area (TPSA) is 99.8 Å². The Morgan fingerprint density at radius 1 is 1.38 bits per heavy atom. The number of fused-ring (bicyclic) bond motifs is 1. The van der Waals surface area contributed by atoms with Gasteiger partial charge in [-0.15, -0.1) is 11.3 Å². The third-order valence-electron chi connectivity index (χ3n) is 4.20. The summed E-state index contributed by atoms with van der Waals surface area (Å²) in [6, 6.07) is 7.62. The molecule has 1 unspecified atom stereocenters. The fourth-order valence-electron chi connectivity index (χ4n) is 2.96. The SMILES string of the molecule is O=C(CC1Cc2ccccc2NC1=O)Nc1scc(Cl)c1-c1ncn[nH]1. The summed E-state index contributed by atoms with van der Waals surface area (Å²) < 4.78 is 0. The van der Waals surface area contributed by atoms with Crippen LogP contribution in [0, 0.1) is 5.92 Å². The van der Waals surface area contributed by atoms with Crippen molar-refractivity contribution in [1.29, 1.82) is 0 Å². The Labute approximate surface area is 157 Å². The minimum absolute atomic E-state index is 0.0888. The number of carbonyl (C=O) groups excluding carboxylic acids is 2. The number of anilines is 2. The number of hydrogen-bond donors (Lipinski definition) is 3. The quantitative estimate of drug-likeness (QED) is 0.639. The molecule has 0 aliphatic carbocycles. The fraction of sp³-hybridized carbons (Fsp3) is 0.176. The zero-order valence-electron chi connectivity index (χ0n) is 13.5. The lowest BCUT2D eigenvalue weighted by molar-refractivity contribution is -0.125. The lowest BCUT2D eigenvalue weighted by Gasteiger charge is -2.24. The minimum atomic E-state index is -0.408. The Balaban J connectivity index is 1.48. The predicted molar refractivity (Wildman–Crippen MR) is 100 cm³/mol. The maximum absolute atomic E-state index is 12.5. The molecule has 1 aliphatic rings. The number of nitrogens with zero attached hydrogens (tertiary/aromatic N) is 2. The van der Waals surface area contributed by atoms with E-state index in [0.717, 1.165) is 11.3 Å². The van der Waals surface area contributed by atoms with Crippen LogP contribution in [0.5, 0.6) is 0 Å². The van der Waals surface area contributed by atoms with Crippen LogP contribution < -0.4 is 10.6 Å². The van der Waals surface area contributed by atoms with Gasteiger partial charge in [0.05, 0.1) is 16.5 Å². The van der Waals surface area contributed by atoms with Gasteiger partial charge in [-0.3, -0.25) is 14.7 Å². The van der Waals surface area contributed by atoms with Crippen LogP contribution in [0.4, 0.5) is 10.7 Å². The first-order chi connectivity index (χ1) is 12.6. The van der Waals surface area contributed by atoms with Gasteiger partial charge in [-0.2, -0.15) is 5.10 Å². The van der Waals surface area contributed by atoms with Crippen molar-refractivity contribution in [3.05, 3.63) is 46.6 Å². The molecule has 2 amide bonds. The maximum atomic E-state index is 12.5. The van der Waals surface area contributed by atoms with Crippen LogP contribution >= 0.6 is 22.9 Å². The molecule has 0 saturated carbocycles. The molecule has 1 aromatic carbocycles. The van der Waals surface area contributed by atoms with Gasteiger partial charge >= 0.3 is 0 Å². The first kappa shape index (κ1) is 16.7. The molecule has 3 aromatic rings. The van der Waals surface area contributed by atoms with Crippen LogP contribution in [0.15, 0.2) is 36.0 Å². The number of amides is 2. The Hall–Kier alpha value is -2.71. The molecule has 9 heteroatoms. The van der Waals surface area contributed by atoms with Gasteiger partial charge in [0.15, 0.2) is 5.82 Å². The van der Waals surface area contributed by atoms with Crippen molar-refractivity contribution in [3.63, 3.8) is 0 Å². The van der Waals surface area contributed by atoms with E-state index in [1.165, 1.54) is 17.7 Å². The number of hydrogen-bond acceptors (Lipinski definition) is 5. The predicted octanol–water partition coefficient (Wildman–Crippen LogP) is 3.33. The summed E-state index contributed by atoms with van der Waals surface area (Å²) in [4.78, 5) is 28.8. The molecule has 3 heterocycles. The number of aromatic nitrogens is 3. The lowest BCUT2D eigenvalue weighted by Crippen LogP contribution is -2.32. The number of thiophene rings is 1. The number of rotatable bonds is 4. The Kier molecular flexibility index (Phi) is 4.44. The second-order valence-electron chi connectivity index (χ2n) is 5.92. The molecule has 1 aliphatic heterocycles. The molecule has 0 bridgehead atoms. The second kappa shape index (κ2) is 6.89. The number of H-pyrrole nitrogens is 1. The molecule has 132 valence electrons. The smallest absolute Gasteiger partial charge is 0.228 e. The fourth-order valence-corrected chi connectivity index (χ4v) is 4.17. The van der Waals surface area contributed by atoms with Crippen LogP contribution in [0.3, 0.4) is 0 Å². The van der Waals surface area contributed by atoms with Gasteiger partial charge in [-0.1, -0.05) is 29.8 Å². The van der Waals surface area contributed by atoms with E-state index in [-0.39, 0.29) is 18.2 Å². The van der Waals surface area contributed by atoms with Gasteiger partial charge in [0.25, 0.3) is 0 Å². The highest BCUT2D eigenvalue weighted by atomic mass is 35.5. The molecule has 0 saturated heterocycles. The monoisotopic (exact) mass is 387 g/mol. The molecule has 0 fully saturated rings. The van der Waals surface area contributed by atoms with Crippen molar-refractivity contribution in [1.82, 2.24) is 15.2 Å². The second-order valence-corrected chi connectivity index (χ2v) is 7.21. The largest absolute Gasteiger partial charge is 0.326 e. The number of para-hydroxylation sites is 1. The summed E-state index contributed by atoms with van der Waals surface area (Å²) >= 11 is 7.50. The van der Waals surface area contributed by atoms with Crippen molar-refractivity contribution < 1.29 is 9.59 Å². The highest BCUT2D eigenvalue weighted by Crippen LogP contribution is 2.38. The van der Waals surface area contributed by atoms with Crippen LogP contribution in [0.25, 0.3) is 11.4 Å². The van der Waals surface area contributed by atoms with E-state index >= 15 is 0 Å². The molecular weight excluding hydrogens is 374 g/mol. The molecule has 4 rings (SSSR count). The number of nitrogens with one attached hydrogen (secondary N) is 3. The molecular formula is C17H14ClN5O2S. The van der Waals surface area contributed by atoms with Gasteiger partial charge in [0.1, 0.15) is 11.3 Å². The van der Waals surface area contributed by atoms with E-state index in [1.54, 1.807) is 5.38 Å². The van der Waals surface area contributed by atoms with Crippen molar-refractivity contribution in [3.8, 4) is 11.4 Å². The van der Waals surface area contributed by atoms with Gasteiger partial charge in [0.2, 0.25) is 11.8 Å². The Bertz CT molecular complexity index is 969. The van der Waals surface area contributed by atoms with Crippen LogP contribution in [-0.2, 0) is 16.0 Å². The van der Waals surface area contributed by atoms with Crippen LogP contribution in [0.1, 0.15) is 12.0 Å². The highest BCUT2D eigenvalue weighted by molar-refractivity contribution is 7.15. The Morgan fingerprint density at radius 3 is 3.04 bits per heavy atom. The van der Waals surface area contributed by atoms with Gasteiger partial charge < -0.3 is 10.6 Å². The van der Waals surface area contributed by atoms with Gasteiger partial charge in [0, 0.05) is 17.5 Å². The average Bonchev–Trinajstić information content (AvgIpc) is 3.25. The molecule has 26 heavy (non-hydrogen) atoms. The summed E-state index contributed by atoms with van der Waals surface area (Å²) in [6.07, 6.45) is 2.00. The molecule has 7 nitrogen and oxygen atoms in total. The van der Waals surface area contributed by atoms with Crippen molar-refractivity contribution in [2.75, 3.05) is 10.6 Å². The number of carbonyl (C=O) groups is 2. The molecule has 2 aromatic heterocycles. The Morgan fingerprint density at radius 2 is 2.23 bits per heavy atom. The first-order valence-corrected chi connectivity index (χ1v) is 9.19. The van der Waals surface area contributed by atoms with E-state index in [0.29, 0.717) is 27.8 Å². The van der Waals surface area contributed by atoms with Crippen molar-refractivity contribution >= 4 is 45.4 Å². The van der Waals surface area contributed by atoms with Gasteiger partial charge in [-0.05, 0) is 18.1 Å². The lowest BCUT2D eigenvalue weighted by atomic mass is 9.90. The summed E-state index contributed by atoms with van der Waals surface area (Å²) in [6.45, 7) is 0. The molecule has 0 radical (unpaired) electrons. The first-order valence-electron chi connectivity index (χ1n) is 7.93. The standard InChI is InChI=1S/C17H14ClN5O2S/c18-11-7-26-17(14(11)15-19-8-20-23-15)22-13(24)6-10-5-9-3-1-2-4-12(9)21-16(10)25/h1-4,7-8,10H,5-6H2,(H,21,25)(H,22,24)(H,19,20,23). The van der Waals surface area contributed by atoms with E-state index in [2.05, 4.69) is 25.8 Å². The number of aromatic amines is 1. The van der Waals surface area contributed by atoms with Gasteiger partial charge in [-0.25, -0.2) is 4.98 Å². The van der Waals surface area contributed by atoms with E-state index < -0.39 is 5.92 Å². The summed E-state index contributed by atoms with van der Waals surface area (Å²) in [5.41, 5.74) is 2.44. The van der Waals surface area contributed by atoms with E-state index in [4.69, 9.17) is 11.6 Å². The van der Waals surface area contributed by atoms with E-state index in [1.807, 2.05) is 24.3 Å².